The predicted molar refractivity (Wildman–Crippen MR) is 354 cm³/mol. The lowest BCUT2D eigenvalue weighted by Crippen LogP contribution is -1.91. The summed E-state index contributed by atoms with van der Waals surface area (Å²) in [4.78, 5) is 9.92. The molecule has 0 fully saturated rings. The van der Waals surface area contributed by atoms with E-state index in [0.29, 0.717) is 0 Å². The number of benzene rings is 12. The van der Waals surface area contributed by atoms with Gasteiger partial charge in [0.25, 0.3) is 0 Å². The van der Waals surface area contributed by atoms with Crippen molar-refractivity contribution in [1.82, 2.24) is 9.97 Å². The fourth-order valence-corrected chi connectivity index (χ4v) is 14.3. The first-order valence-corrected chi connectivity index (χ1v) is 29.7. The lowest BCUT2D eigenvalue weighted by atomic mass is 9.92. The van der Waals surface area contributed by atoms with Crippen molar-refractivity contribution in [1.29, 1.82) is 0 Å². The highest BCUT2D eigenvalue weighted by molar-refractivity contribution is 7.27. The lowest BCUT2D eigenvalue weighted by molar-refractivity contribution is 1.18. The number of aromatic nitrogens is 2. The van der Waals surface area contributed by atoms with Crippen molar-refractivity contribution in [3.63, 3.8) is 0 Å². The Labute approximate surface area is 486 Å². The SMILES string of the molecule is CC.c1ccc(-c2cc(-c3ccccc3)c3sc4c(-c5cccc(-c6cc(-c7cccc(-c8cc(-c9ccccc9)cc9c8sc8c(-c%10ccccc%10)cc(-c%10ccccc%10)cc89)c7)ncn6)c5)cc(-c5ccccc5)cc4c3c2)cc1. The van der Waals surface area contributed by atoms with Crippen molar-refractivity contribution in [3.8, 4) is 112 Å². The van der Waals surface area contributed by atoms with E-state index in [1.54, 1.807) is 6.33 Å². The quantitative estimate of drug-likeness (QED) is 0.136. The van der Waals surface area contributed by atoms with Crippen molar-refractivity contribution in [2.45, 2.75) is 13.8 Å². The van der Waals surface area contributed by atoms with Crippen molar-refractivity contribution < 1.29 is 0 Å². The molecule has 0 bridgehead atoms. The van der Waals surface area contributed by atoms with Crippen LogP contribution in [-0.2, 0) is 0 Å². The molecule has 0 amide bonds. The van der Waals surface area contributed by atoms with Crippen LogP contribution in [0.25, 0.3) is 152 Å². The molecule has 15 rings (SSSR count). The highest BCUT2D eigenvalue weighted by atomic mass is 32.1. The summed E-state index contributed by atoms with van der Waals surface area (Å²) in [7, 11) is 0. The highest BCUT2D eigenvalue weighted by Crippen LogP contribution is 2.50. The molecule has 4 heteroatoms. The largest absolute Gasteiger partial charge is 0.236 e. The molecule has 0 saturated carbocycles. The van der Waals surface area contributed by atoms with Crippen LogP contribution in [0.3, 0.4) is 0 Å². The third kappa shape index (κ3) is 9.48. The Kier molecular flexibility index (Phi) is 13.5. The van der Waals surface area contributed by atoms with Crippen LogP contribution in [0.15, 0.2) is 291 Å². The van der Waals surface area contributed by atoms with Crippen LogP contribution in [0, 0.1) is 0 Å². The lowest BCUT2D eigenvalue weighted by Gasteiger charge is -2.12. The number of fused-ring (bicyclic) bond motifs is 6. The first-order chi connectivity index (χ1) is 40.6. The first-order valence-electron chi connectivity index (χ1n) is 28.1. The minimum absolute atomic E-state index is 0.869. The predicted octanol–water partition coefficient (Wildman–Crippen LogP) is 22.9. The Hall–Kier alpha value is -9.84. The van der Waals surface area contributed by atoms with E-state index in [0.717, 1.165) is 33.6 Å². The molecule has 12 aromatic carbocycles. The van der Waals surface area contributed by atoms with E-state index in [4.69, 9.17) is 9.97 Å². The molecule has 0 saturated heterocycles. The average molecular weight is 1080 g/mol. The van der Waals surface area contributed by atoms with Gasteiger partial charge in [-0.3, -0.25) is 0 Å². The molecular formula is C78H54N2S2. The molecule has 0 unspecified atom stereocenters. The fraction of sp³-hybridized carbons (Fsp3) is 0.0256. The van der Waals surface area contributed by atoms with E-state index < -0.39 is 0 Å². The second kappa shape index (κ2) is 22.0. The second-order valence-corrected chi connectivity index (χ2v) is 22.5. The Morgan fingerprint density at radius 3 is 0.744 bits per heavy atom. The van der Waals surface area contributed by atoms with Crippen LogP contribution in [-0.4, -0.2) is 9.97 Å². The molecule has 0 aliphatic carbocycles. The summed E-state index contributed by atoms with van der Waals surface area (Å²) >= 11 is 3.78. The zero-order chi connectivity index (χ0) is 54.9. The molecule has 0 aliphatic heterocycles. The molecule has 15 aromatic rings. The smallest absolute Gasteiger partial charge is 0.116 e. The van der Waals surface area contributed by atoms with Gasteiger partial charge in [-0.2, -0.15) is 0 Å². The van der Waals surface area contributed by atoms with Crippen LogP contribution >= 0.6 is 22.7 Å². The maximum atomic E-state index is 4.96. The highest BCUT2D eigenvalue weighted by Gasteiger charge is 2.21. The van der Waals surface area contributed by atoms with Crippen LogP contribution in [0.1, 0.15) is 13.8 Å². The van der Waals surface area contributed by atoms with Crippen molar-refractivity contribution in [2.75, 3.05) is 0 Å². The minimum atomic E-state index is 0.869. The molecule has 3 heterocycles. The Morgan fingerprint density at radius 2 is 0.451 bits per heavy atom. The average Bonchev–Trinajstić information content (AvgIpc) is 3.47. The zero-order valence-corrected chi connectivity index (χ0v) is 47.1. The van der Waals surface area contributed by atoms with Crippen molar-refractivity contribution >= 4 is 63.0 Å². The minimum Gasteiger partial charge on any atom is -0.236 e. The molecule has 82 heavy (non-hydrogen) atoms. The van der Waals surface area contributed by atoms with Crippen molar-refractivity contribution in [3.05, 3.63) is 291 Å². The van der Waals surface area contributed by atoms with Gasteiger partial charge in [0.15, 0.2) is 0 Å². The standard InChI is InChI=1S/C76H48N2S2.C2H6/c1-7-21-49(22-8-1)59-39-63(53-29-15-5-16-30-53)73-67(43-59)69-45-61(51-25-11-3-12-26-51)41-65(75(69)79-73)55-33-19-35-57(37-55)71-47-72(78-48-77-71)58-36-20-34-56(38-58)66-42-62(52-27-13-4-14-28-52)46-70-68-44-60(50-23-9-2-10-24-50)40-64(74(68)80-76(66)70)54-31-17-6-18-32-54;1-2/h1-48H;1-2H3. The zero-order valence-electron chi connectivity index (χ0n) is 45.4. The molecule has 2 nitrogen and oxygen atoms in total. The van der Waals surface area contributed by atoms with Gasteiger partial charge in [0, 0.05) is 73.7 Å². The maximum Gasteiger partial charge on any atom is 0.116 e. The molecule has 0 N–H and O–H groups in total. The van der Waals surface area contributed by atoms with Gasteiger partial charge in [0.2, 0.25) is 0 Å². The van der Waals surface area contributed by atoms with E-state index in [1.807, 2.05) is 36.5 Å². The number of hydrogen-bond acceptors (Lipinski definition) is 4. The number of rotatable bonds is 10. The summed E-state index contributed by atoms with van der Waals surface area (Å²) in [6.45, 7) is 4.00. The van der Waals surface area contributed by atoms with E-state index >= 15 is 0 Å². The van der Waals surface area contributed by atoms with Gasteiger partial charge >= 0.3 is 0 Å². The van der Waals surface area contributed by atoms with Gasteiger partial charge < -0.3 is 0 Å². The fourth-order valence-electron chi connectivity index (χ4n) is 11.6. The van der Waals surface area contributed by atoms with Gasteiger partial charge in [-0.1, -0.05) is 232 Å². The Balaban J connectivity index is 0.00000298. The topological polar surface area (TPSA) is 25.8 Å². The summed E-state index contributed by atoms with van der Waals surface area (Å²) in [6, 6.07) is 104. The molecular weight excluding hydrogens is 1030 g/mol. The molecule has 0 spiro atoms. The monoisotopic (exact) mass is 1080 g/mol. The van der Waals surface area contributed by atoms with Gasteiger partial charge in [-0.05, 0) is 133 Å². The van der Waals surface area contributed by atoms with Crippen LogP contribution < -0.4 is 0 Å². The number of nitrogens with zero attached hydrogens (tertiary/aromatic N) is 2. The van der Waals surface area contributed by atoms with Gasteiger partial charge in [0.1, 0.15) is 6.33 Å². The Morgan fingerprint density at radius 1 is 0.207 bits per heavy atom. The summed E-state index contributed by atoms with van der Waals surface area (Å²) in [5.41, 5.74) is 23.0. The molecule has 0 atom stereocenters. The molecule has 388 valence electrons. The second-order valence-electron chi connectivity index (χ2n) is 20.5. The number of thiophene rings is 2. The Bertz CT molecular complexity index is 4480. The van der Waals surface area contributed by atoms with E-state index in [1.165, 1.54) is 118 Å². The van der Waals surface area contributed by atoms with Crippen molar-refractivity contribution in [2.24, 2.45) is 0 Å². The van der Waals surface area contributed by atoms with E-state index in [-0.39, 0.29) is 0 Å². The summed E-state index contributed by atoms with van der Waals surface area (Å²) in [5, 5.41) is 5.03. The normalized spacial score (nSPS) is 11.3. The molecule has 0 aliphatic rings. The van der Waals surface area contributed by atoms with E-state index in [2.05, 4.69) is 285 Å². The third-order valence-corrected chi connectivity index (χ3v) is 18.1. The summed E-state index contributed by atoms with van der Waals surface area (Å²) in [5.74, 6) is 0. The number of hydrogen-bond donors (Lipinski definition) is 0. The summed E-state index contributed by atoms with van der Waals surface area (Å²) in [6.07, 6.45) is 1.72. The van der Waals surface area contributed by atoms with Gasteiger partial charge in [-0.15, -0.1) is 22.7 Å². The molecule has 0 radical (unpaired) electrons. The van der Waals surface area contributed by atoms with Crippen LogP contribution in [0.2, 0.25) is 0 Å². The maximum absolute atomic E-state index is 4.96. The summed E-state index contributed by atoms with van der Waals surface area (Å²) < 4.78 is 5.09. The van der Waals surface area contributed by atoms with Gasteiger partial charge in [0.05, 0.1) is 11.4 Å². The molecule has 3 aromatic heterocycles. The van der Waals surface area contributed by atoms with Crippen LogP contribution in [0.5, 0.6) is 0 Å². The first kappa shape index (κ1) is 50.4. The van der Waals surface area contributed by atoms with Crippen LogP contribution in [0.4, 0.5) is 0 Å². The third-order valence-electron chi connectivity index (χ3n) is 15.5. The van der Waals surface area contributed by atoms with E-state index in [9.17, 15) is 0 Å². The van der Waals surface area contributed by atoms with Gasteiger partial charge in [-0.25, -0.2) is 9.97 Å².